The fourth-order valence-electron chi connectivity index (χ4n) is 11.2. The van der Waals surface area contributed by atoms with Gasteiger partial charge in [-0.3, -0.25) is 14.4 Å². The predicted molar refractivity (Wildman–Crippen MR) is 137 cm³/mol. The summed E-state index contributed by atoms with van der Waals surface area (Å²) >= 11 is 7.84. The third-order valence-electron chi connectivity index (χ3n) is 12.8. The van der Waals surface area contributed by atoms with Gasteiger partial charge in [0.1, 0.15) is 11.5 Å². The molecule has 6 fully saturated rings. The number of alkyl halides is 1. The Bertz CT molecular complexity index is 1170. The summed E-state index contributed by atoms with van der Waals surface area (Å²) in [5.41, 5.74) is -2.42. The van der Waals surface area contributed by atoms with Crippen LogP contribution in [0.2, 0.25) is 0 Å². The van der Waals surface area contributed by atoms with Crippen molar-refractivity contribution >= 4 is 29.1 Å². The minimum absolute atomic E-state index is 0.0468. The lowest BCUT2D eigenvalue weighted by molar-refractivity contribution is -0.377. The van der Waals surface area contributed by atoms with E-state index in [1.165, 1.54) is 0 Å². The molecule has 4 saturated heterocycles. The average molecular weight is 530 g/mol. The van der Waals surface area contributed by atoms with Gasteiger partial charge in [-0.1, -0.05) is 40.2 Å². The van der Waals surface area contributed by atoms with Gasteiger partial charge in [0, 0.05) is 35.1 Å². The quantitative estimate of drug-likeness (QED) is 0.329. The smallest absolute Gasteiger partial charge is 0.308 e. The van der Waals surface area contributed by atoms with E-state index in [1.54, 1.807) is 6.08 Å². The number of hydrogen-bond donors (Lipinski definition) is 0. The van der Waals surface area contributed by atoms with Crippen molar-refractivity contribution < 1.29 is 23.9 Å². The van der Waals surface area contributed by atoms with E-state index in [4.69, 9.17) is 21.1 Å². The molecule has 202 valence electrons. The summed E-state index contributed by atoms with van der Waals surface area (Å²) in [6.07, 6.45) is 6.28. The lowest BCUT2D eigenvalue weighted by Crippen LogP contribution is -2.87. The van der Waals surface area contributed by atoms with Crippen LogP contribution in [0.15, 0.2) is 11.6 Å². The minimum Gasteiger partial charge on any atom is -0.441 e. The number of ketones is 2. The second-order valence-electron chi connectivity index (χ2n) is 14.5. The number of Topliss-reactive ketones (excluding diaryl/α,β-unsaturated/α-hetero) is 1. The molecular formula is C30H40ClNO5. The van der Waals surface area contributed by atoms with Gasteiger partial charge in [-0.05, 0) is 62.4 Å². The van der Waals surface area contributed by atoms with E-state index in [1.807, 2.05) is 13.8 Å². The first-order chi connectivity index (χ1) is 17.2. The zero-order chi connectivity index (χ0) is 26.5. The highest BCUT2D eigenvalue weighted by Gasteiger charge is 2.86. The van der Waals surface area contributed by atoms with E-state index in [-0.39, 0.29) is 47.8 Å². The maximum absolute atomic E-state index is 14.4. The Hall–Kier alpha value is -1.24. The molecule has 0 aromatic heterocycles. The first-order valence-corrected chi connectivity index (χ1v) is 14.7. The summed E-state index contributed by atoms with van der Waals surface area (Å²) in [6, 6.07) is 0. The summed E-state index contributed by atoms with van der Waals surface area (Å²) < 4.78 is 13.4. The maximum atomic E-state index is 14.4. The molecule has 0 aromatic carbocycles. The van der Waals surface area contributed by atoms with Crippen LogP contribution in [0.1, 0.15) is 80.1 Å². The Balaban J connectivity index is 1.49. The van der Waals surface area contributed by atoms with Crippen molar-refractivity contribution in [2.45, 2.75) is 103 Å². The summed E-state index contributed by atoms with van der Waals surface area (Å²) in [7, 11) is 0. The standard InChI is InChI=1S/C30H40ClNO5/c1-15-10-19-22(20(33)11-15)17(3)23(35)24-26(4)13-21(34)37-30(25(31)28(19,24)6)27(26,5)7-8-29-12-16(2)9-18(36-29)14-32(29)30/h11,16-19,22,24-25H,7-10,12-14H2,1-6H3. The number of piperidine rings is 1. The molecule has 0 amide bonds. The van der Waals surface area contributed by atoms with Crippen molar-refractivity contribution in [1.29, 1.82) is 0 Å². The zero-order valence-corrected chi connectivity index (χ0v) is 23.7. The van der Waals surface area contributed by atoms with Gasteiger partial charge in [-0.2, -0.15) is 0 Å². The van der Waals surface area contributed by atoms with Gasteiger partial charge in [-0.25, -0.2) is 4.90 Å². The van der Waals surface area contributed by atoms with Gasteiger partial charge < -0.3 is 9.47 Å². The lowest BCUT2D eigenvalue weighted by atomic mass is 9.33. The third-order valence-corrected chi connectivity index (χ3v) is 13.5. The van der Waals surface area contributed by atoms with Crippen LogP contribution in [0.5, 0.6) is 0 Å². The summed E-state index contributed by atoms with van der Waals surface area (Å²) in [4.78, 5) is 43.8. The Kier molecular flexibility index (Phi) is 4.75. The van der Waals surface area contributed by atoms with Crippen LogP contribution in [0.3, 0.4) is 0 Å². The van der Waals surface area contributed by atoms with Crippen LogP contribution in [0, 0.1) is 45.8 Å². The first kappa shape index (κ1) is 24.8. The van der Waals surface area contributed by atoms with Crippen LogP contribution < -0.4 is 0 Å². The lowest BCUT2D eigenvalue weighted by Gasteiger charge is -2.78. The molecule has 2 saturated carbocycles. The number of hydrogen-bond acceptors (Lipinski definition) is 6. The molecule has 4 heterocycles. The van der Waals surface area contributed by atoms with E-state index in [2.05, 4.69) is 32.6 Å². The molecule has 12 unspecified atom stereocenters. The third kappa shape index (κ3) is 2.52. The minimum atomic E-state index is -1.09. The van der Waals surface area contributed by atoms with Gasteiger partial charge >= 0.3 is 5.97 Å². The van der Waals surface area contributed by atoms with Crippen LogP contribution in [0.25, 0.3) is 0 Å². The number of nitrogens with zero attached hydrogens (tertiary/aromatic N) is 1. The monoisotopic (exact) mass is 529 g/mol. The molecule has 4 aliphatic heterocycles. The van der Waals surface area contributed by atoms with E-state index in [0.717, 1.165) is 37.7 Å². The summed E-state index contributed by atoms with van der Waals surface area (Å²) in [5, 5.41) is -0.648. The second kappa shape index (κ2) is 7.09. The van der Waals surface area contributed by atoms with Crippen LogP contribution in [-0.2, 0) is 23.9 Å². The molecule has 7 heteroatoms. The van der Waals surface area contributed by atoms with Gasteiger partial charge in [0.15, 0.2) is 11.5 Å². The number of esters is 1. The van der Waals surface area contributed by atoms with Crippen molar-refractivity contribution in [3.8, 4) is 0 Å². The number of carbonyl (C=O) groups is 3. The molecule has 0 radical (unpaired) electrons. The maximum Gasteiger partial charge on any atom is 0.308 e. The number of allylic oxidation sites excluding steroid dienone is 2. The van der Waals surface area contributed by atoms with Gasteiger partial charge in [0.2, 0.25) is 0 Å². The Morgan fingerprint density at radius 2 is 1.84 bits per heavy atom. The highest BCUT2D eigenvalue weighted by molar-refractivity contribution is 6.23. The highest BCUT2D eigenvalue weighted by Crippen LogP contribution is 2.78. The number of halogens is 1. The van der Waals surface area contributed by atoms with Crippen LogP contribution in [-0.4, -0.2) is 51.9 Å². The molecule has 12 atom stereocenters. The van der Waals surface area contributed by atoms with Crippen molar-refractivity contribution in [1.82, 2.24) is 4.90 Å². The second-order valence-corrected chi connectivity index (χ2v) is 15.0. The van der Waals surface area contributed by atoms with Gasteiger partial charge in [-0.15, -0.1) is 11.6 Å². The van der Waals surface area contributed by atoms with Crippen LogP contribution in [0.4, 0.5) is 0 Å². The molecule has 7 aliphatic rings. The van der Waals surface area contributed by atoms with E-state index in [9.17, 15) is 14.4 Å². The number of rotatable bonds is 0. The fourth-order valence-corrected chi connectivity index (χ4v) is 11.9. The molecule has 7 rings (SSSR count). The van der Waals surface area contributed by atoms with E-state index in [0.29, 0.717) is 12.5 Å². The molecule has 1 spiro atoms. The van der Waals surface area contributed by atoms with Crippen molar-refractivity contribution in [3.05, 3.63) is 11.6 Å². The summed E-state index contributed by atoms with van der Waals surface area (Å²) in [6.45, 7) is 13.5. The molecule has 37 heavy (non-hydrogen) atoms. The predicted octanol–water partition coefficient (Wildman–Crippen LogP) is 4.88. The summed E-state index contributed by atoms with van der Waals surface area (Å²) in [5.74, 6) is -0.870. The normalized spacial score (nSPS) is 58.5. The number of fused-ring (bicyclic) bond motifs is 5. The zero-order valence-electron chi connectivity index (χ0n) is 22.9. The molecule has 0 N–H and O–H groups in total. The Labute approximate surface area is 224 Å². The largest absolute Gasteiger partial charge is 0.441 e. The van der Waals surface area contributed by atoms with Crippen LogP contribution >= 0.6 is 11.6 Å². The fraction of sp³-hybridized carbons (Fsp3) is 0.833. The molecule has 4 bridgehead atoms. The van der Waals surface area contributed by atoms with Gasteiger partial charge in [0.05, 0.1) is 17.9 Å². The first-order valence-electron chi connectivity index (χ1n) is 14.3. The van der Waals surface area contributed by atoms with Crippen molar-refractivity contribution in [2.75, 3.05) is 6.54 Å². The topological polar surface area (TPSA) is 72.9 Å². The molecular weight excluding hydrogens is 490 g/mol. The molecule has 6 nitrogen and oxygen atoms in total. The molecule has 0 aromatic rings. The number of ether oxygens (including phenoxy) is 2. The SMILES string of the molecule is CC1=CC(=O)C2C(C)C(=O)C3C(C)(C2C1)C(Cl)C12OC(=O)CC3(C)C1(C)CCC13CC(C)CC(CN12)O3. The number of carbonyl (C=O) groups excluding carboxylic acids is 3. The Morgan fingerprint density at radius 1 is 1.11 bits per heavy atom. The molecule has 3 aliphatic carbocycles. The van der Waals surface area contributed by atoms with Gasteiger partial charge in [0.25, 0.3) is 0 Å². The average Bonchev–Trinajstić information content (AvgIpc) is 3.08. The van der Waals surface area contributed by atoms with Crippen molar-refractivity contribution in [2.24, 2.45) is 45.8 Å². The Morgan fingerprint density at radius 3 is 2.57 bits per heavy atom. The highest BCUT2D eigenvalue weighted by atomic mass is 35.5. The van der Waals surface area contributed by atoms with Crippen molar-refractivity contribution in [3.63, 3.8) is 0 Å². The van der Waals surface area contributed by atoms with E-state index >= 15 is 0 Å². The van der Waals surface area contributed by atoms with E-state index < -0.39 is 39.0 Å².